The number of benzene rings is 2. The Hall–Kier alpha value is -3.39. The van der Waals surface area contributed by atoms with Gasteiger partial charge in [0.05, 0.1) is 11.4 Å². The largest absolute Gasteiger partial charge is 0.472 e. The zero-order chi connectivity index (χ0) is 25.3. The molecule has 0 radical (unpaired) electrons. The van der Waals surface area contributed by atoms with Crippen molar-refractivity contribution in [2.75, 3.05) is 0 Å². The second-order valence-corrected chi connectivity index (χ2v) is 10.1. The normalized spacial score (nSPS) is 11.5. The summed E-state index contributed by atoms with van der Waals surface area (Å²) >= 11 is 3.37. The summed E-state index contributed by atoms with van der Waals surface area (Å²) in [5.41, 5.74) is 3.57. The predicted octanol–water partition coefficient (Wildman–Crippen LogP) is 6.08. The molecule has 0 unspecified atom stereocenters. The van der Waals surface area contributed by atoms with Crippen molar-refractivity contribution in [3.05, 3.63) is 98.1 Å². The maximum absolute atomic E-state index is 13.4. The molecule has 0 saturated carbocycles. The minimum Gasteiger partial charge on any atom is -0.472 e. The summed E-state index contributed by atoms with van der Waals surface area (Å²) in [7, 11) is 0. The molecule has 0 bridgehead atoms. The maximum Gasteiger partial charge on any atom is 0.276 e. The molecule has 0 fully saturated rings. The topological polar surface area (TPSA) is 69.9 Å². The zero-order valence-electron chi connectivity index (χ0n) is 20.3. The zero-order valence-corrected chi connectivity index (χ0v) is 21.9. The number of rotatable bonds is 5. The van der Waals surface area contributed by atoms with E-state index in [0.29, 0.717) is 11.5 Å². The Kier molecular flexibility index (Phi) is 6.85. The summed E-state index contributed by atoms with van der Waals surface area (Å²) in [4.78, 5) is 27.1. The molecular weight excluding hydrogens is 511 g/mol. The van der Waals surface area contributed by atoms with Crippen LogP contribution in [0.1, 0.15) is 43.5 Å². The molecule has 4 rings (SSSR count). The van der Waals surface area contributed by atoms with Gasteiger partial charge in [-0.15, -0.1) is 0 Å². The minimum absolute atomic E-state index is 0.160. The van der Waals surface area contributed by atoms with E-state index in [4.69, 9.17) is 9.72 Å². The lowest BCUT2D eigenvalue weighted by Crippen LogP contribution is -2.24. The third kappa shape index (κ3) is 5.32. The van der Waals surface area contributed by atoms with Gasteiger partial charge in [-0.3, -0.25) is 9.36 Å². The van der Waals surface area contributed by atoms with Gasteiger partial charge in [0.15, 0.2) is 0 Å². The highest BCUT2D eigenvalue weighted by Crippen LogP contribution is 2.27. The molecule has 180 valence electrons. The van der Waals surface area contributed by atoms with Gasteiger partial charge in [0.1, 0.15) is 28.5 Å². The summed E-state index contributed by atoms with van der Waals surface area (Å²) in [6, 6.07) is 13.7. The Morgan fingerprint density at radius 1 is 1.03 bits per heavy atom. The fourth-order valence-electron chi connectivity index (χ4n) is 3.58. The highest BCUT2D eigenvalue weighted by molar-refractivity contribution is 9.10. The lowest BCUT2D eigenvalue weighted by Gasteiger charge is -2.18. The van der Waals surface area contributed by atoms with Gasteiger partial charge < -0.3 is 4.74 Å². The summed E-state index contributed by atoms with van der Waals surface area (Å²) < 4.78 is 20.7. The van der Waals surface area contributed by atoms with Gasteiger partial charge in [-0.05, 0) is 65.2 Å². The summed E-state index contributed by atoms with van der Waals surface area (Å²) in [6.45, 7) is 10.1. The van der Waals surface area contributed by atoms with Gasteiger partial charge in [0.25, 0.3) is 5.56 Å². The molecule has 4 aromatic rings. The molecular formula is C27H26BrFN4O2. The van der Waals surface area contributed by atoms with Gasteiger partial charge in [0.2, 0.25) is 5.88 Å². The van der Waals surface area contributed by atoms with Crippen LogP contribution in [0.15, 0.2) is 64.0 Å². The predicted molar refractivity (Wildman–Crippen MR) is 137 cm³/mol. The SMILES string of the molecule is Cc1ccc(-c2ccnc(C(C)(C)C)n2)cc1-n1c(C)nc(OCc2ccc(F)cc2)c(Br)c1=O. The fraction of sp³-hybridized carbons (Fsp3) is 0.259. The third-order valence-corrected chi connectivity index (χ3v) is 6.20. The first-order valence-electron chi connectivity index (χ1n) is 11.2. The van der Waals surface area contributed by atoms with Crippen molar-refractivity contribution in [1.82, 2.24) is 19.5 Å². The van der Waals surface area contributed by atoms with E-state index >= 15 is 0 Å². The molecule has 0 saturated heterocycles. The van der Waals surface area contributed by atoms with Crippen molar-refractivity contribution in [1.29, 1.82) is 0 Å². The highest BCUT2D eigenvalue weighted by atomic mass is 79.9. The molecule has 0 aliphatic rings. The number of nitrogens with zero attached hydrogens (tertiary/aromatic N) is 4. The molecule has 6 nitrogen and oxygen atoms in total. The molecule has 8 heteroatoms. The summed E-state index contributed by atoms with van der Waals surface area (Å²) in [6.07, 6.45) is 1.76. The Labute approximate surface area is 212 Å². The minimum atomic E-state index is -0.319. The van der Waals surface area contributed by atoms with Crippen molar-refractivity contribution in [2.45, 2.75) is 46.6 Å². The molecule has 0 spiro atoms. The van der Waals surface area contributed by atoms with Crippen LogP contribution >= 0.6 is 15.9 Å². The number of ether oxygens (including phenoxy) is 1. The summed E-state index contributed by atoms with van der Waals surface area (Å²) in [5.74, 6) is 1.09. The molecule has 2 aromatic heterocycles. The molecule has 2 aromatic carbocycles. The van der Waals surface area contributed by atoms with Gasteiger partial charge in [0, 0.05) is 17.2 Å². The maximum atomic E-state index is 13.4. The molecule has 2 heterocycles. The van der Waals surface area contributed by atoms with E-state index in [9.17, 15) is 9.18 Å². The van der Waals surface area contributed by atoms with Crippen LogP contribution in [0.25, 0.3) is 16.9 Å². The Bertz CT molecular complexity index is 1440. The number of aromatic nitrogens is 4. The van der Waals surface area contributed by atoms with Gasteiger partial charge in [-0.2, -0.15) is 4.98 Å². The average molecular weight is 537 g/mol. The smallest absolute Gasteiger partial charge is 0.276 e. The Morgan fingerprint density at radius 3 is 2.43 bits per heavy atom. The molecule has 35 heavy (non-hydrogen) atoms. The number of hydrogen-bond acceptors (Lipinski definition) is 5. The van der Waals surface area contributed by atoms with Crippen LogP contribution in [0, 0.1) is 19.7 Å². The number of aryl methyl sites for hydroxylation is 2. The van der Waals surface area contributed by atoms with Crippen LogP contribution in [0.3, 0.4) is 0 Å². The lowest BCUT2D eigenvalue weighted by atomic mass is 9.95. The lowest BCUT2D eigenvalue weighted by molar-refractivity contribution is 0.289. The van der Waals surface area contributed by atoms with Crippen LogP contribution in [-0.4, -0.2) is 19.5 Å². The Balaban J connectivity index is 1.72. The van der Waals surface area contributed by atoms with Gasteiger partial charge in [-0.25, -0.2) is 14.4 Å². The van der Waals surface area contributed by atoms with Crippen LogP contribution in [0.2, 0.25) is 0 Å². The van der Waals surface area contributed by atoms with E-state index < -0.39 is 0 Å². The number of halogens is 2. The summed E-state index contributed by atoms with van der Waals surface area (Å²) in [5, 5.41) is 0. The monoisotopic (exact) mass is 536 g/mol. The molecule has 0 N–H and O–H groups in total. The second kappa shape index (κ2) is 9.70. The quantitative estimate of drug-likeness (QED) is 0.309. The van der Waals surface area contributed by atoms with E-state index in [1.54, 1.807) is 29.8 Å². The van der Waals surface area contributed by atoms with Crippen molar-refractivity contribution in [2.24, 2.45) is 0 Å². The van der Waals surface area contributed by atoms with Gasteiger partial charge >= 0.3 is 0 Å². The van der Waals surface area contributed by atoms with Crippen molar-refractivity contribution in [3.63, 3.8) is 0 Å². The van der Waals surface area contributed by atoms with E-state index in [2.05, 4.69) is 46.7 Å². The number of hydrogen-bond donors (Lipinski definition) is 0. The molecule has 0 amide bonds. The first-order chi connectivity index (χ1) is 16.5. The first-order valence-corrected chi connectivity index (χ1v) is 11.9. The first kappa shape index (κ1) is 24.7. The highest BCUT2D eigenvalue weighted by Gasteiger charge is 2.20. The Morgan fingerprint density at radius 2 is 1.74 bits per heavy atom. The van der Waals surface area contributed by atoms with Crippen LogP contribution < -0.4 is 10.3 Å². The average Bonchev–Trinajstić information content (AvgIpc) is 2.82. The van der Waals surface area contributed by atoms with Gasteiger partial charge in [-0.1, -0.05) is 45.0 Å². The van der Waals surface area contributed by atoms with Crippen LogP contribution in [-0.2, 0) is 12.0 Å². The fourth-order valence-corrected chi connectivity index (χ4v) is 3.97. The van der Waals surface area contributed by atoms with Crippen molar-refractivity contribution in [3.8, 4) is 22.8 Å². The van der Waals surface area contributed by atoms with E-state index in [1.807, 2.05) is 31.2 Å². The van der Waals surface area contributed by atoms with Crippen LogP contribution in [0.5, 0.6) is 5.88 Å². The molecule has 0 aliphatic heterocycles. The van der Waals surface area contributed by atoms with Crippen molar-refractivity contribution >= 4 is 15.9 Å². The standard InChI is InChI=1S/C27H26BrFN4O2/c1-16-6-9-19(21-12-13-30-26(32-21)27(3,4)5)14-22(16)33-17(2)31-24(23(28)25(33)34)35-15-18-7-10-20(29)11-8-18/h6-14H,15H2,1-5H3. The molecule has 0 atom stereocenters. The molecule has 0 aliphatic carbocycles. The van der Waals surface area contributed by atoms with E-state index in [-0.39, 0.29) is 33.8 Å². The van der Waals surface area contributed by atoms with E-state index in [0.717, 1.165) is 28.2 Å². The van der Waals surface area contributed by atoms with Crippen molar-refractivity contribution < 1.29 is 9.13 Å². The van der Waals surface area contributed by atoms with E-state index in [1.165, 1.54) is 12.1 Å². The third-order valence-electron chi connectivity index (χ3n) is 5.53. The second-order valence-electron chi connectivity index (χ2n) is 9.35. The van der Waals surface area contributed by atoms with Crippen LogP contribution in [0.4, 0.5) is 4.39 Å².